The van der Waals surface area contributed by atoms with Crippen LogP contribution in [0.15, 0.2) is 78.8 Å². The molecule has 0 bridgehead atoms. The average molecular weight is 399 g/mol. The van der Waals surface area contributed by atoms with Gasteiger partial charge in [-0.1, -0.05) is 36.4 Å². The fourth-order valence-corrected chi connectivity index (χ4v) is 3.38. The second-order valence-corrected chi connectivity index (χ2v) is 6.98. The Kier molecular flexibility index (Phi) is 5.30. The Morgan fingerprint density at radius 3 is 2.40 bits per heavy atom. The van der Waals surface area contributed by atoms with Crippen molar-refractivity contribution in [3.8, 4) is 5.75 Å². The molecule has 150 valence electrons. The van der Waals surface area contributed by atoms with Gasteiger partial charge in [-0.05, 0) is 47.9 Å². The van der Waals surface area contributed by atoms with Crippen molar-refractivity contribution < 1.29 is 14.3 Å². The number of rotatable bonds is 6. The Balaban J connectivity index is 1.76. The number of benzene rings is 2. The van der Waals surface area contributed by atoms with Crippen molar-refractivity contribution in [1.29, 1.82) is 0 Å². The summed E-state index contributed by atoms with van der Waals surface area (Å²) in [5, 5.41) is 3.20. The van der Waals surface area contributed by atoms with Crippen LogP contribution in [0.3, 0.4) is 0 Å². The topological polar surface area (TPSA) is 71.5 Å². The van der Waals surface area contributed by atoms with Crippen molar-refractivity contribution >= 4 is 23.1 Å². The molecule has 2 amide bonds. The summed E-state index contributed by atoms with van der Waals surface area (Å²) in [5.74, 6) is -0.0280. The second kappa shape index (κ2) is 8.21. The number of anilines is 1. The van der Waals surface area contributed by atoms with Crippen LogP contribution in [0.25, 0.3) is 5.57 Å². The van der Waals surface area contributed by atoms with E-state index in [4.69, 9.17) is 4.74 Å². The summed E-state index contributed by atoms with van der Waals surface area (Å²) in [6.07, 6.45) is 3.31. The molecule has 2 heterocycles. The van der Waals surface area contributed by atoms with E-state index in [9.17, 15) is 9.59 Å². The minimum Gasteiger partial charge on any atom is -0.497 e. The highest BCUT2D eigenvalue weighted by Gasteiger charge is 2.39. The molecule has 1 aliphatic heterocycles. The van der Waals surface area contributed by atoms with E-state index >= 15 is 0 Å². The van der Waals surface area contributed by atoms with Gasteiger partial charge in [-0.2, -0.15) is 0 Å². The SMILES string of the molecule is COc1ccc(C2=C(Nc3ccccc3C)C(=O)N(Cc3cccnc3)C2=O)cc1. The average Bonchev–Trinajstić information content (AvgIpc) is 3.00. The number of amides is 2. The van der Waals surface area contributed by atoms with Crippen molar-refractivity contribution in [2.24, 2.45) is 0 Å². The Hall–Kier alpha value is -3.93. The molecule has 1 aliphatic rings. The fourth-order valence-electron chi connectivity index (χ4n) is 3.38. The van der Waals surface area contributed by atoms with Gasteiger partial charge in [0.2, 0.25) is 0 Å². The van der Waals surface area contributed by atoms with Gasteiger partial charge in [0, 0.05) is 18.1 Å². The largest absolute Gasteiger partial charge is 0.497 e. The predicted molar refractivity (Wildman–Crippen MR) is 115 cm³/mol. The number of nitrogens with zero attached hydrogens (tertiary/aromatic N) is 2. The first kappa shape index (κ1) is 19.4. The van der Waals surface area contributed by atoms with Gasteiger partial charge < -0.3 is 10.1 Å². The number of aromatic nitrogens is 1. The molecular weight excluding hydrogens is 378 g/mol. The molecule has 0 radical (unpaired) electrons. The first-order valence-corrected chi connectivity index (χ1v) is 9.55. The highest BCUT2D eigenvalue weighted by molar-refractivity contribution is 6.36. The quantitative estimate of drug-likeness (QED) is 0.639. The van der Waals surface area contributed by atoms with Crippen LogP contribution in [-0.2, 0) is 16.1 Å². The molecule has 6 heteroatoms. The number of carbonyl (C=O) groups is 2. The third kappa shape index (κ3) is 3.67. The molecule has 0 atom stereocenters. The number of methoxy groups -OCH3 is 1. The Labute approximate surface area is 174 Å². The Morgan fingerprint density at radius 1 is 0.967 bits per heavy atom. The van der Waals surface area contributed by atoms with Crippen molar-refractivity contribution in [2.75, 3.05) is 12.4 Å². The van der Waals surface area contributed by atoms with Gasteiger partial charge in [-0.3, -0.25) is 19.5 Å². The molecule has 30 heavy (non-hydrogen) atoms. The third-order valence-corrected chi connectivity index (χ3v) is 5.01. The molecule has 0 unspecified atom stereocenters. The van der Waals surface area contributed by atoms with E-state index in [1.54, 1.807) is 49.8 Å². The summed E-state index contributed by atoms with van der Waals surface area (Å²) in [5.41, 5.74) is 3.80. The van der Waals surface area contributed by atoms with Crippen LogP contribution < -0.4 is 10.1 Å². The molecule has 1 N–H and O–H groups in total. The van der Waals surface area contributed by atoms with Crippen LogP contribution in [-0.4, -0.2) is 28.8 Å². The van der Waals surface area contributed by atoms with Crippen LogP contribution in [0.1, 0.15) is 16.7 Å². The van der Waals surface area contributed by atoms with E-state index in [1.807, 2.05) is 37.3 Å². The minimum atomic E-state index is -0.363. The molecule has 0 fully saturated rings. The fraction of sp³-hybridized carbons (Fsp3) is 0.125. The van der Waals surface area contributed by atoms with E-state index in [0.717, 1.165) is 16.8 Å². The van der Waals surface area contributed by atoms with Crippen molar-refractivity contribution in [3.63, 3.8) is 0 Å². The smallest absolute Gasteiger partial charge is 0.278 e. The van der Waals surface area contributed by atoms with E-state index in [1.165, 1.54) is 4.90 Å². The monoisotopic (exact) mass is 399 g/mol. The zero-order valence-electron chi connectivity index (χ0n) is 16.8. The molecular formula is C24H21N3O3. The number of aryl methyl sites for hydroxylation is 1. The summed E-state index contributed by atoms with van der Waals surface area (Å²) < 4.78 is 5.22. The normalized spacial score (nSPS) is 13.7. The van der Waals surface area contributed by atoms with Crippen LogP contribution >= 0.6 is 0 Å². The lowest BCUT2D eigenvalue weighted by Gasteiger charge is -2.15. The van der Waals surface area contributed by atoms with E-state index < -0.39 is 0 Å². The molecule has 2 aromatic carbocycles. The first-order valence-electron chi connectivity index (χ1n) is 9.55. The first-order chi connectivity index (χ1) is 14.6. The highest BCUT2D eigenvalue weighted by atomic mass is 16.5. The van der Waals surface area contributed by atoms with Crippen molar-refractivity contribution in [1.82, 2.24) is 9.88 Å². The van der Waals surface area contributed by atoms with Crippen LogP contribution in [0, 0.1) is 6.92 Å². The highest BCUT2D eigenvalue weighted by Crippen LogP contribution is 2.32. The third-order valence-electron chi connectivity index (χ3n) is 5.01. The van der Waals surface area contributed by atoms with Crippen LogP contribution in [0.4, 0.5) is 5.69 Å². The maximum absolute atomic E-state index is 13.3. The zero-order valence-corrected chi connectivity index (χ0v) is 16.8. The minimum absolute atomic E-state index is 0.157. The lowest BCUT2D eigenvalue weighted by Crippen LogP contribution is -2.32. The maximum atomic E-state index is 13.3. The van der Waals surface area contributed by atoms with E-state index in [0.29, 0.717) is 16.9 Å². The lowest BCUT2D eigenvalue weighted by atomic mass is 10.0. The number of ether oxygens (including phenoxy) is 1. The van der Waals surface area contributed by atoms with Gasteiger partial charge in [0.15, 0.2) is 0 Å². The maximum Gasteiger partial charge on any atom is 0.278 e. The number of pyridine rings is 1. The van der Waals surface area contributed by atoms with Crippen molar-refractivity contribution in [3.05, 3.63) is 95.4 Å². The molecule has 0 saturated heterocycles. The van der Waals surface area contributed by atoms with Crippen LogP contribution in [0.5, 0.6) is 5.75 Å². The number of nitrogens with one attached hydrogen (secondary N) is 1. The standard InChI is InChI=1S/C24H21N3O3/c1-16-6-3-4-8-20(16)26-22-21(18-9-11-19(30-2)12-10-18)23(28)27(24(22)29)15-17-7-5-13-25-14-17/h3-14,26H,15H2,1-2H3. The predicted octanol–water partition coefficient (Wildman–Crippen LogP) is 3.79. The van der Waals surface area contributed by atoms with E-state index in [2.05, 4.69) is 10.3 Å². The molecule has 0 spiro atoms. The summed E-state index contributed by atoms with van der Waals surface area (Å²) in [6, 6.07) is 18.4. The molecule has 1 aromatic heterocycles. The van der Waals surface area contributed by atoms with Gasteiger partial charge >= 0.3 is 0 Å². The Morgan fingerprint density at radius 2 is 1.73 bits per heavy atom. The summed E-state index contributed by atoms with van der Waals surface area (Å²) in [4.78, 5) is 31.9. The van der Waals surface area contributed by atoms with Gasteiger partial charge in [0.05, 0.1) is 19.2 Å². The number of hydrogen-bond acceptors (Lipinski definition) is 5. The molecule has 3 aromatic rings. The summed E-state index contributed by atoms with van der Waals surface area (Å²) >= 11 is 0. The number of carbonyl (C=O) groups excluding carboxylic acids is 2. The second-order valence-electron chi connectivity index (χ2n) is 6.98. The number of imide groups is 1. The van der Waals surface area contributed by atoms with Crippen LogP contribution in [0.2, 0.25) is 0 Å². The van der Waals surface area contributed by atoms with E-state index in [-0.39, 0.29) is 24.1 Å². The summed E-state index contributed by atoms with van der Waals surface area (Å²) in [7, 11) is 1.58. The molecule has 0 aliphatic carbocycles. The van der Waals surface area contributed by atoms with Gasteiger partial charge in [0.1, 0.15) is 11.4 Å². The number of hydrogen-bond donors (Lipinski definition) is 1. The number of para-hydroxylation sites is 1. The van der Waals surface area contributed by atoms with Crippen molar-refractivity contribution in [2.45, 2.75) is 13.5 Å². The van der Waals surface area contributed by atoms with Gasteiger partial charge in [-0.25, -0.2) is 0 Å². The summed E-state index contributed by atoms with van der Waals surface area (Å²) in [6.45, 7) is 2.11. The molecule has 4 rings (SSSR count). The molecule has 6 nitrogen and oxygen atoms in total. The van der Waals surface area contributed by atoms with Gasteiger partial charge in [-0.15, -0.1) is 0 Å². The molecule has 0 saturated carbocycles. The lowest BCUT2D eigenvalue weighted by molar-refractivity contribution is -0.137. The Bertz CT molecular complexity index is 1120. The zero-order chi connectivity index (χ0) is 21.1. The van der Waals surface area contributed by atoms with Gasteiger partial charge in [0.25, 0.3) is 11.8 Å².